The zero-order chi connectivity index (χ0) is 15.9. The van der Waals surface area contributed by atoms with Crippen LogP contribution in [0.25, 0.3) is 0 Å². The first-order chi connectivity index (χ1) is 10.4. The summed E-state index contributed by atoms with van der Waals surface area (Å²) in [6, 6.07) is 13.6. The molecule has 0 bridgehead atoms. The third-order valence-electron chi connectivity index (χ3n) is 3.65. The maximum atomic E-state index is 12.7. The van der Waals surface area contributed by atoms with Gasteiger partial charge in [0.25, 0.3) is 10.0 Å². The highest BCUT2D eigenvalue weighted by molar-refractivity contribution is 7.90. The van der Waals surface area contributed by atoms with Crippen LogP contribution >= 0.6 is 0 Å². The number of fused-ring (bicyclic) bond motifs is 1. The number of hydrogen-bond acceptors (Lipinski definition) is 4. The van der Waals surface area contributed by atoms with Gasteiger partial charge in [0.15, 0.2) is 0 Å². The summed E-state index contributed by atoms with van der Waals surface area (Å²) in [6.07, 6.45) is 0. The fraction of sp³-hybridized carbons (Fsp3) is 0.133. The normalized spacial score (nSPS) is 14.6. The Morgan fingerprint density at radius 2 is 1.68 bits per heavy atom. The van der Waals surface area contributed by atoms with Gasteiger partial charge in [0.1, 0.15) is 0 Å². The Morgan fingerprint density at radius 1 is 1.05 bits per heavy atom. The van der Waals surface area contributed by atoms with E-state index in [2.05, 4.69) is 5.10 Å². The van der Waals surface area contributed by atoms with Crippen molar-refractivity contribution in [3.8, 4) is 0 Å². The number of sulfonamides is 1. The van der Waals surface area contributed by atoms with Gasteiger partial charge in [-0.3, -0.25) is 0 Å². The second-order valence-corrected chi connectivity index (χ2v) is 7.03. The quantitative estimate of drug-likeness (QED) is 0.844. The lowest BCUT2D eigenvalue weighted by atomic mass is 9.70. The van der Waals surface area contributed by atoms with E-state index in [-0.39, 0.29) is 4.90 Å². The SMILES string of the molecule is CC1=NN(S(=O)(=O)c2ccc(C)cc2)B(O)c2ccccc21. The molecule has 1 aliphatic rings. The third-order valence-corrected chi connectivity index (χ3v) is 5.29. The molecule has 0 aliphatic carbocycles. The molecule has 0 saturated heterocycles. The summed E-state index contributed by atoms with van der Waals surface area (Å²) in [6.45, 7) is 3.60. The van der Waals surface area contributed by atoms with Gasteiger partial charge in [-0.25, -0.2) is 8.42 Å². The Bertz CT molecular complexity index is 847. The molecule has 2 aromatic carbocycles. The monoisotopic (exact) mass is 314 g/mol. The van der Waals surface area contributed by atoms with Crippen molar-refractivity contribution in [3.05, 3.63) is 59.7 Å². The predicted molar refractivity (Wildman–Crippen MR) is 86.5 cm³/mol. The summed E-state index contributed by atoms with van der Waals surface area (Å²) in [4.78, 5) is 0.105. The molecule has 2 aromatic rings. The number of hydrazone groups is 1. The summed E-state index contributed by atoms with van der Waals surface area (Å²) in [7, 11) is -5.24. The summed E-state index contributed by atoms with van der Waals surface area (Å²) in [5.41, 5.74) is 2.80. The smallest absolute Gasteiger partial charge is 0.427 e. The van der Waals surface area contributed by atoms with Crippen LogP contribution < -0.4 is 5.46 Å². The minimum Gasteiger partial charge on any atom is -0.427 e. The number of aryl methyl sites for hydroxylation is 1. The molecule has 0 amide bonds. The molecule has 7 heteroatoms. The molecule has 0 fully saturated rings. The Kier molecular flexibility index (Phi) is 3.54. The molecule has 0 unspecified atom stereocenters. The van der Waals surface area contributed by atoms with Crippen molar-refractivity contribution in [3.63, 3.8) is 0 Å². The first kappa shape index (κ1) is 14.8. The first-order valence-corrected chi connectivity index (χ1v) is 8.29. The molecule has 1 heterocycles. The zero-order valence-electron chi connectivity index (χ0n) is 12.3. The third kappa shape index (κ3) is 2.32. The van der Waals surface area contributed by atoms with Gasteiger partial charge in [-0.2, -0.15) is 9.43 Å². The second-order valence-electron chi connectivity index (χ2n) is 5.24. The van der Waals surface area contributed by atoms with Crippen molar-refractivity contribution in [2.45, 2.75) is 18.7 Å². The average Bonchev–Trinajstić information content (AvgIpc) is 2.51. The maximum absolute atomic E-state index is 12.7. The van der Waals surface area contributed by atoms with Crippen molar-refractivity contribution in [2.24, 2.45) is 5.10 Å². The van der Waals surface area contributed by atoms with Gasteiger partial charge in [-0.1, -0.05) is 42.0 Å². The molecule has 112 valence electrons. The van der Waals surface area contributed by atoms with Gasteiger partial charge >= 0.3 is 7.05 Å². The first-order valence-electron chi connectivity index (χ1n) is 6.85. The van der Waals surface area contributed by atoms with Gasteiger partial charge in [0.05, 0.1) is 10.6 Å². The van der Waals surface area contributed by atoms with Gasteiger partial charge < -0.3 is 5.02 Å². The lowest BCUT2D eigenvalue weighted by molar-refractivity contribution is 0.474. The molecular formula is C15H15BN2O3S. The lowest BCUT2D eigenvalue weighted by Gasteiger charge is -2.28. The highest BCUT2D eigenvalue weighted by Gasteiger charge is 2.39. The van der Waals surface area contributed by atoms with Crippen LogP contribution in [0.3, 0.4) is 0 Å². The van der Waals surface area contributed by atoms with E-state index in [1.165, 1.54) is 12.1 Å². The summed E-state index contributed by atoms with van der Waals surface area (Å²) >= 11 is 0. The van der Waals surface area contributed by atoms with Crippen LogP contribution in [0.1, 0.15) is 18.1 Å². The van der Waals surface area contributed by atoms with Crippen LogP contribution in [-0.2, 0) is 10.0 Å². The number of hydrogen-bond donors (Lipinski definition) is 1. The number of benzene rings is 2. The molecule has 22 heavy (non-hydrogen) atoms. The van der Waals surface area contributed by atoms with Gasteiger partial charge in [-0.05, 0) is 37.0 Å². The molecule has 3 rings (SSSR count). The van der Waals surface area contributed by atoms with E-state index < -0.39 is 17.1 Å². The fourth-order valence-corrected chi connectivity index (χ4v) is 3.73. The lowest BCUT2D eigenvalue weighted by Crippen LogP contribution is -2.53. The minimum atomic E-state index is -3.91. The second kappa shape index (κ2) is 5.26. The molecule has 1 aliphatic heterocycles. The van der Waals surface area contributed by atoms with Gasteiger partial charge in [-0.15, -0.1) is 0 Å². The minimum absolute atomic E-state index is 0.105. The highest BCUT2D eigenvalue weighted by atomic mass is 32.2. The van der Waals surface area contributed by atoms with Gasteiger partial charge in [0.2, 0.25) is 0 Å². The van der Waals surface area contributed by atoms with Crippen LogP contribution in [0.15, 0.2) is 58.5 Å². The molecular weight excluding hydrogens is 299 g/mol. The summed E-state index contributed by atoms with van der Waals surface area (Å²) in [5, 5.41) is 14.5. The number of rotatable bonds is 2. The Labute approximate surface area is 130 Å². The van der Waals surface area contributed by atoms with Crippen molar-refractivity contribution in [1.82, 2.24) is 4.33 Å². The number of nitrogens with zero attached hydrogens (tertiary/aromatic N) is 2. The Hall–Kier alpha value is -2.12. The van der Waals surface area contributed by atoms with Gasteiger partial charge in [0, 0.05) is 0 Å². The van der Waals surface area contributed by atoms with Crippen molar-refractivity contribution < 1.29 is 13.4 Å². The summed E-state index contributed by atoms with van der Waals surface area (Å²) in [5.74, 6) is 0. The van der Waals surface area contributed by atoms with Crippen LogP contribution in [0.4, 0.5) is 0 Å². The molecule has 0 radical (unpaired) electrons. The van der Waals surface area contributed by atoms with Crippen molar-refractivity contribution >= 4 is 28.2 Å². The fourth-order valence-electron chi connectivity index (χ4n) is 2.43. The van der Waals surface area contributed by atoms with Crippen LogP contribution in [0, 0.1) is 6.92 Å². The van der Waals surface area contributed by atoms with Crippen molar-refractivity contribution in [2.75, 3.05) is 0 Å². The average molecular weight is 314 g/mol. The van der Waals surface area contributed by atoms with E-state index >= 15 is 0 Å². The zero-order valence-corrected chi connectivity index (χ0v) is 13.1. The molecule has 0 spiro atoms. The Morgan fingerprint density at radius 3 is 2.36 bits per heavy atom. The van der Waals surface area contributed by atoms with E-state index in [1.54, 1.807) is 31.2 Å². The van der Waals surface area contributed by atoms with Crippen molar-refractivity contribution in [1.29, 1.82) is 0 Å². The van der Waals surface area contributed by atoms with E-state index in [0.717, 1.165) is 15.5 Å². The topological polar surface area (TPSA) is 70.0 Å². The largest absolute Gasteiger partial charge is 0.484 e. The maximum Gasteiger partial charge on any atom is 0.484 e. The molecule has 0 aromatic heterocycles. The molecule has 1 N–H and O–H groups in total. The van der Waals surface area contributed by atoms with E-state index in [1.807, 2.05) is 19.1 Å². The molecule has 5 nitrogen and oxygen atoms in total. The van der Waals surface area contributed by atoms with E-state index in [0.29, 0.717) is 11.2 Å². The highest BCUT2D eigenvalue weighted by Crippen LogP contribution is 2.21. The van der Waals surface area contributed by atoms with Crippen LogP contribution in [0.5, 0.6) is 0 Å². The van der Waals surface area contributed by atoms with Crippen LogP contribution in [0.2, 0.25) is 0 Å². The standard InChI is InChI=1S/C15H15BN2O3S/c1-11-7-9-13(10-8-11)22(20,21)18-16(19)15-6-4-3-5-14(15)12(2)17-18/h3-10,19H,1-2H3. The Balaban J connectivity index is 2.09. The molecule has 0 atom stereocenters. The van der Waals surface area contributed by atoms with E-state index in [9.17, 15) is 13.4 Å². The summed E-state index contributed by atoms with van der Waals surface area (Å²) < 4.78 is 26.2. The predicted octanol–water partition coefficient (Wildman–Crippen LogP) is 1.11. The van der Waals surface area contributed by atoms with Crippen LogP contribution in [-0.4, -0.2) is 30.5 Å². The van der Waals surface area contributed by atoms with E-state index in [4.69, 9.17) is 0 Å². The molecule has 0 saturated carbocycles.